The van der Waals surface area contributed by atoms with Crippen LogP contribution in [0.1, 0.15) is 51.2 Å². The van der Waals surface area contributed by atoms with Crippen LogP contribution in [0.25, 0.3) is 0 Å². The number of hydrogen-bond donors (Lipinski definition) is 3. The van der Waals surface area contributed by atoms with Crippen LogP contribution in [0.3, 0.4) is 0 Å². The molecule has 0 saturated carbocycles. The van der Waals surface area contributed by atoms with Gasteiger partial charge >= 0.3 is 0 Å². The summed E-state index contributed by atoms with van der Waals surface area (Å²) >= 11 is 0. The average molecular weight is 661 g/mol. The molecule has 46 heavy (non-hydrogen) atoms. The molecule has 252 valence electrons. The van der Waals surface area contributed by atoms with E-state index in [1.54, 1.807) is 36.1 Å². The van der Waals surface area contributed by atoms with Gasteiger partial charge in [0.1, 0.15) is 11.6 Å². The summed E-state index contributed by atoms with van der Waals surface area (Å²) in [7, 11) is -0.777. The predicted octanol–water partition coefficient (Wildman–Crippen LogP) is 3.92. The fraction of sp³-hybridized carbons (Fsp3) is 0.471. The van der Waals surface area contributed by atoms with Gasteiger partial charge in [0.05, 0.1) is 16.4 Å². The van der Waals surface area contributed by atoms with E-state index in [4.69, 9.17) is 5.73 Å². The Morgan fingerprint density at radius 2 is 1.67 bits per heavy atom. The maximum atomic E-state index is 14.3. The highest BCUT2D eigenvalue weighted by Crippen LogP contribution is 2.44. The first-order valence-electron chi connectivity index (χ1n) is 15.5. The molecule has 4 N–H and O–H groups in total. The van der Waals surface area contributed by atoms with E-state index in [1.165, 1.54) is 26.2 Å². The number of nitrogens with one attached hydrogen (secondary N) is 1. The molecule has 3 rings (SSSR count). The van der Waals surface area contributed by atoms with Gasteiger partial charge in [-0.25, -0.2) is 21.5 Å². The largest absolute Gasteiger partial charge is 0.391 e. The first-order valence-corrected chi connectivity index (χ1v) is 16.9. The van der Waals surface area contributed by atoms with Crippen LogP contribution in [0.15, 0.2) is 70.7 Å². The van der Waals surface area contributed by atoms with Gasteiger partial charge in [-0.2, -0.15) is 0 Å². The normalized spacial score (nSPS) is 18.1. The molecule has 1 aliphatic carbocycles. The Kier molecular flexibility index (Phi) is 12.8. The van der Waals surface area contributed by atoms with Gasteiger partial charge in [-0.1, -0.05) is 43.7 Å². The SMILES string of the molecule is CCCN(CCC)C(=O)C1=CC(C)=CC(C(N)=O)([C@H](Cc2cc(F)cc(F)c2)[C@@H](O)CNCc2cccc(S(=O)(=O)N(C)C)c2)C1. The minimum absolute atomic E-state index is 0.0696. The van der Waals surface area contributed by atoms with Gasteiger partial charge in [-0.15, -0.1) is 0 Å². The van der Waals surface area contributed by atoms with E-state index in [1.807, 2.05) is 13.8 Å². The summed E-state index contributed by atoms with van der Waals surface area (Å²) in [4.78, 5) is 29.0. The molecule has 2 aromatic carbocycles. The fourth-order valence-corrected chi connectivity index (χ4v) is 7.06. The number of primary amides is 1. The molecular formula is C34H46F2N4O5S. The van der Waals surface area contributed by atoms with Crippen molar-refractivity contribution in [1.82, 2.24) is 14.5 Å². The second-order valence-corrected chi connectivity index (χ2v) is 14.3. The topological polar surface area (TPSA) is 133 Å². The minimum atomic E-state index is -3.66. The first-order chi connectivity index (χ1) is 21.6. The summed E-state index contributed by atoms with van der Waals surface area (Å²) < 4.78 is 54.9. The number of rotatable bonds is 16. The zero-order valence-corrected chi connectivity index (χ0v) is 28.0. The van der Waals surface area contributed by atoms with Crippen molar-refractivity contribution in [2.24, 2.45) is 17.1 Å². The highest BCUT2D eigenvalue weighted by Gasteiger charge is 2.48. The van der Waals surface area contributed by atoms with Gasteiger partial charge in [-0.05, 0) is 68.0 Å². The summed E-state index contributed by atoms with van der Waals surface area (Å²) in [6.07, 6.45) is 3.39. The lowest BCUT2D eigenvalue weighted by molar-refractivity contribution is -0.132. The molecule has 0 radical (unpaired) electrons. The summed E-state index contributed by atoms with van der Waals surface area (Å²) in [5.41, 5.74) is 6.37. The molecule has 2 aromatic rings. The number of carbonyl (C=O) groups is 2. The Bertz CT molecular complexity index is 1550. The highest BCUT2D eigenvalue weighted by atomic mass is 32.2. The van der Waals surface area contributed by atoms with Crippen molar-refractivity contribution in [1.29, 1.82) is 0 Å². The highest BCUT2D eigenvalue weighted by molar-refractivity contribution is 7.89. The van der Waals surface area contributed by atoms with E-state index < -0.39 is 45.0 Å². The zero-order chi connectivity index (χ0) is 34.2. The van der Waals surface area contributed by atoms with E-state index in [0.29, 0.717) is 29.8 Å². The monoisotopic (exact) mass is 660 g/mol. The maximum absolute atomic E-state index is 14.3. The lowest BCUT2D eigenvalue weighted by Crippen LogP contribution is -2.51. The van der Waals surface area contributed by atoms with Gasteiger partial charge in [-0.3, -0.25) is 9.59 Å². The maximum Gasteiger partial charge on any atom is 0.249 e. The average Bonchev–Trinajstić information content (AvgIpc) is 2.98. The number of nitrogens with zero attached hydrogens (tertiary/aromatic N) is 2. The van der Waals surface area contributed by atoms with E-state index in [-0.39, 0.29) is 42.3 Å². The van der Waals surface area contributed by atoms with Crippen LogP contribution in [0.2, 0.25) is 0 Å². The van der Waals surface area contributed by atoms with Crippen molar-refractivity contribution in [2.75, 3.05) is 33.7 Å². The second kappa shape index (κ2) is 15.9. The van der Waals surface area contributed by atoms with Crippen LogP contribution in [-0.4, -0.2) is 74.4 Å². The van der Waals surface area contributed by atoms with E-state index in [9.17, 15) is 31.9 Å². The fourth-order valence-electron chi connectivity index (χ4n) is 6.09. The minimum Gasteiger partial charge on any atom is -0.391 e. The van der Waals surface area contributed by atoms with Gasteiger partial charge in [0.15, 0.2) is 0 Å². The van der Waals surface area contributed by atoms with Crippen LogP contribution in [-0.2, 0) is 32.6 Å². The Balaban J connectivity index is 1.97. The van der Waals surface area contributed by atoms with Gasteiger partial charge < -0.3 is 21.1 Å². The molecule has 0 spiro atoms. The third-order valence-electron chi connectivity index (χ3n) is 8.24. The van der Waals surface area contributed by atoms with Crippen LogP contribution in [0.4, 0.5) is 8.78 Å². The number of hydrogen-bond acceptors (Lipinski definition) is 6. The molecule has 9 nitrogen and oxygen atoms in total. The number of allylic oxidation sites excluding steroid dienone is 2. The quantitative estimate of drug-likeness (QED) is 0.250. The molecule has 2 amide bonds. The molecule has 0 saturated heterocycles. The molecular weight excluding hydrogens is 614 g/mol. The molecule has 3 atom stereocenters. The standard InChI is InChI=1S/C34H46F2N4O5S/c1-6-11-40(12-7-2)32(42)26-13-23(3)19-34(20-26,33(37)43)30(17-25-14-27(35)18-28(36)15-25)31(41)22-38-21-24-9-8-10-29(16-24)46(44,45)39(4)5/h8-10,13-16,18-19,30-31,38,41H,6-7,11-12,17,20-22H2,1-5H3,(H2,37,43)/t30-,31+,34?/m1/s1. The van der Waals surface area contributed by atoms with Crippen molar-refractivity contribution in [3.05, 3.63) is 88.5 Å². The van der Waals surface area contributed by atoms with Crippen molar-refractivity contribution in [2.45, 2.75) is 64.0 Å². The molecule has 0 aromatic heterocycles. The summed E-state index contributed by atoms with van der Waals surface area (Å²) in [5.74, 6) is -3.59. The Labute approximate surface area is 271 Å². The van der Waals surface area contributed by atoms with Crippen molar-refractivity contribution < 1.29 is 31.9 Å². The molecule has 0 fully saturated rings. The summed E-state index contributed by atoms with van der Waals surface area (Å²) in [6.45, 7) is 6.86. The van der Waals surface area contributed by atoms with Gasteiger partial charge in [0.2, 0.25) is 21.8 Å². The molecule has 0 aliphatic heterocycles. The second-order valence-electron chi connectivity index (χ2n) is 12.2. The van der Waals surface area contributed by atoms with Crippen LogP contribution in [0, 0.1) is 23.0 Å². The summed E-state index contributed by atoms with van der Waals surface area (Å²) in [5, 5.41) is 14.8. The van der Waals surface area contributed by atoms with Crippen LogP contribution in [0.5, 0.6) is 0 Å². The van der Waals surface area contributed by atoms with Crippen LogP contribution < -0.4 is 11.1 Å². The number of sulfonamides is 1. The van der Waals surface area contributed by atoms with Gasteiger partial charge in [0, 0.05) is 57.8 Å². The molecule has 12 heteroatoms. The number of amides is 2. The summed E-state index contributed by atoms with van der Waals surface area (Å²) in [6, 6.07) is 9.41. The predicted molar refractivity (Wildman–Crippen MR) is 174 cm³/mol. The smallest absolute Gasteiger partial charge is 0.249 e. The van der Waals surface area contributed by atoms with Crippen LogP contribution >= 0.6 is 0 Å². The number of nitrogens with two attached hydrogens (primary N) is 1. The molecule has 0 heterocycles. The zero-order valence-electron chi connectivity index (χ0n) is 27.2. The lowest BCUT2D eigenvalue weighted by atomic mass is 9.63. The van der Waals surface area contributed by atoms with Gasteiger partial charge in [0.25, 0.3) is 0 Å². The number of aliphatic hydroxyl groups is 1. The van der Waals surface area contributed by atoms with Crippen molar-refractivity contribution >= 4 is 21.8 Å². The molecule has 0 bridgehead atoms. The van der Waals surface area contributed by atoms with E-state index in [2.05, 4.69) is 5.32 Å². The Morgan fingerprint density at radius 3 is 2.24 bits per heavy atom. The number of benzene rings is 2. The lowest BCUT2D eigenvalue weighted by Gasteiger charge is -2.42. The number of aliphatic hydroxyl groups excluding tert-OH is 1. The van der Waals surface area contributed by atoms with Crippen molar-refractivity contribution in [3.63, 3.8) is 0 Å². The third-order valence-corrected chi connectivity index (χ3v) is 10.1. The Hall–Kier alpha value is -3.45. The van der Waals surface area contributed by atoms with Crippen molar-refractivity contribution in [3.8, 4) is 0 Å². The molecule has 1 aliphatic rings. The Morgan fingerprint density at radius 1 is 1.04 bits per heavy atom. The number of halogens is 2. The third kappa shape index (κ3) is 8.87. The number of carbonyl (C=O) groups excluding carboxylic acids is 2. The first kappa shape index (κ1) is 37.0. The van der Waals surface area contributed by atoms with E-state index in [0.717, 1.165) is 35.3 Å². The van der Waals surface area contributed by atoms with E-state index >= 15 is 0 Å². The molecule has 1 unspecified atom stereocenters.